The van der Waals surface area contributed by atoms with E-state index in [1.165, 1.54) is 12.3 Å². The Morgan fingerprint density at radius 1 is 1.73 bits per heavy atom. The molecule has 0 aliphatic heterocycles. The zero-order valence-corrected chi connectivity index (χ0v) is 5.62. The summed E-state index contributed by atoms with van der Waals surface area (Å²) in [6.07, 6.45) is 1.08. The van der Waals surface area contributed by atoms with E-state index in [1.54, 1.807) is 0 Å². The minimum absolute atomic E-state index is 0.167. The number of hydrogen-bond acceptors (Lipinski definition) is 2. The van der Waals surface area contributed by atoms with Crippen molar-refractivity contribution in [2.45, 2.75) is 6.42 Å². The molecule has 0 aromatic carbocycles. The summed E-state index contributed by atoms with van der Waals surface area (Å²) < 4.78 is 12.3. The maximum atomic E-state index is 12.3. The Balaban J connectivity index is 2.79. The zero-order valence-electron chi connectivity index (χ0n) is 5.62. The van der Waals surface area contributed by atoms with Crippen LogP contribution in [0.1, 0.15) is 5.56 Å². The first kappa shape index (κ1) is 7.65. The number of carboxylic acids is 1. The molecule has 0 saturated carbocycles. The standard InChI is InChI=1S/C7H6FNO2/c8-6-3-5(1-2-9-6)4-7(10)11/h1-3H,4H2,(H,10,11). The minimum Gasteiger partial charge on any atom is -0.481 e. The van der Waals surface area contributed by atoms with Crippen molar-refractivity contribution in [3.8, 4) is 0 Å². The van der Waals surface area contributed by atoms with Gasteiger partial charge in [-0.2, -0.15) is 4.39 Å². The molecule has 1 rings (SSSR count). The smallest absolute Gasteiger partial charge is 0.307 e. The lowest BCUT2D eigenvalue weighted by Gasteiger charge is -1.94. The number of carbonyl (C=O) groups is 1. The van der Waals surface area contributed by atoms with E-state index >= 15 is 0 Å². The number of carboxylic acid groups (broad SMARTS) is 1. The van der Waals surface area contributed by atoms with Crippen LogP contribution in [0.5, 0.6) is 0 Å². The third-order valence-electron chi connectivity index (χ3n) is 1.15. The van der Waals surface area contributed by atoms with Crippen molar-refractivity contribution in [1.29, 1.82) is 0 Å². The Kier molecular flexibility index (Phi) is 2.15. The second-order valence-electron chi connectivity index (χ2n) is 2.06. The van der Waals surface area contributed by atoms with E-state index in [2.05, 4.69) is 4.98 Å². The Morgan fingerprint density at radius 3 is 3.00 bits per heavy atom. The average Bonchev–Trinajstić information content (AvgIpc) is 1.85. The lowest BCUT2D eigenvalue weighted by molar-refractivity contribution is -0.136. The average molecular weight is 155 g/mol. The van der Waals surface area contributed by atoms with E-state index in [0.717, 1.165) is 6.07 Å². The van der Waals surface area contributed by atoms with Crippen molar-refractivity contribution < 1.29 is 14.3 Å². The quantitative estimate of drug-likeness (QED) is 0.644. The number of hydrogen-bond donors (Lipinski definition) is 1. The molecule has 0 aliphatic carbocycles. The van der Waals surface area contributed by atoms with Gasteiger partial charge in [-0.15, -0.1) is 0 Å². The molecule has 0 radical (unpaired) electrons. The van der Waals surface area contributed by atoms with Crippen LogP contribution in [-0.4, -0.2) is 16.1 Å². The Bertz CT molecular complexity index is 275. The molecule has 1 N–H and O–H groups in total. The maximum Gasteiger partial charge on any atom is 0.307 e. The van der Waals surface area contributed by atoms with Gasteiger partial charge < -0.3 is 5.11 Å². The highest BCUT2D eigenvalue weighted by atomic mass is 19.1. The van der Waals surface area contributed by atoms with E-state index in [1.807, 2.05) is 0 Å². The molecule has 1 aromatic heterocycles. The fourth-order valence-electron chi connectivity index (χ4n) is 0.727. The van der Waals surface area contributed by atoms with Crippen LogP contribution in [0.4, 0.5) is 4.39 Å². The zero-order chi connectivity index (χ0) is 8.27. The van der Waals surface area contributed by atoms with Gasteiger partial charge in [0.05, 0.1) is 6.42 Å². The second kappa shape index (κ2) is 3.09. The van der Waals surface area contributed by atoms with Crippen LogP contribution in [0.3, 0.4) is 0 Å². The van der Waals surface area contributed by atoms with Gasteiger partial charge in [-0.3, -0.25) is 4.79 Å². The molecule has 1 aromatic rings. The molecule has 0 spiro atoms. The predicted octanol–water partition coefficient (Wildman–Crippen LogP) is 0.848. The number of rotatable bonds is 2. The van der Waals surface area contributed by atoms with Gasteiger partial charge >= 0.3 is 5.97 Å². The third-order valence-corrected chi connectivity index (χ3v) is 1.15. The van der Waals surface area contributed by atoms with Gasteiger partial charge in [0.25, 0.3) is 0 Å². The van der Waals surface area contributed by atoms with E-state index in [4.69, 9.17) is 5.11 Å². The van der Waals surface area contributed by atoms with Crippen LogP contribution >= 0.6 is 0 Å². The summed E-state index contributed by atoms with van der Waals surface area (Å²) in [5, 5.41) is 8.31. The number of pyridine rings is 1. The molecule has 1 heterocycles. The second-order valence-corrected chi connectivity index (χ2v) is 2.06. The molecule has 4 heteroatoms. The Hall–Kier alpha value is -1.45. The largest absolute Gasteiger partial charge is 0.481 e. The van der Waals surface area contributed by atoms with E-state index in [-0.39, 0.29) is 6.42 Å². The minimum atomic E-state index is -0.976. The van der Waals surface area contributed by atoms with Gasteiger partial charge in [0, 0.05) is 6.20 Å². The van der Waals surface area contributed by atoms with Crippen molar-refractivity contribution >= 4 is 5.97 Å². The number of halogens is 1. The molecule has 11 heavy (non-hydrogen) atoms. The van der Waals surface area contributed by atoms with Crippen LogP contribution in [0.25, 0.3) is 0 Å². The van der Waals surface area contributed by atoms with Gasteiger partial charge in [-0.25, -0.2) is 4.98 Å². The predicted molar refractivity (Wildman–Crippen MR) is 35.5 cm³/mol. The summed E-state index contributed by atoms with van der Waals surface area (Å²) in [6, 6.07) is 2.57. The van der Waals surface area contributed by atoms with Crippen molar-refractivity contribution in [2.75, 3.05) is 0 Å². The SMILES string of the molecule is O=C(O)Cc1ccnc(F)c1. The molecule has 0 unspecified atom stereocenters. The lowest BCUT2D eigenvalue weighted by Crippen LogP contribution is -2.00. The molecular weight excluding hydrogens is 149 g/mol. The van der Waals surface area contributed by atoms with Crippen LogP contribution in [0.2, 0.25) is 0 Å². The lowest BCUT2D eigenvalue weighted by atomic mass is 10.2. The number of aromatic nitrogens is 1. The molecule has 0 bridgehead atoms. The van der Waals surface area contributed by atoms with E-state index < -0.39 is 11.9 Å². The van der Waals surface area contributed by atoms with Crippen LogP contribution < -0.4 is 0 Å². The van der Waals surface area contributed by atoms with E-state index in [0.29, 0.717) is 5.56 Å². The van der Waals surface area contributed by atoms with Crippen LogP contribution in [-0.2, 0) is 11.2 Å². The maximum absolute atomic E-state index is 12.3. The molecule has 0 fully saturated rings. The highest BCUT2D eigenvalue weighted by molar-refractivity contribution is 5.69. The first-order valence-corrected chi connectivity index (χ1v) is 3.00. The molecule has 0 aliphatic rings. The first-order chi connectivity index (χ1) is 5.18. The number of nitrogens with zero attached hydrogens (tertiary/aromatic N) is 1. The summed E-state index contributed by atoms with van der Waals surface area (Å²) in [7, 11) is 0. The highest BCUT2D eigenvalue weighted by Gasteiger charge is 2.00. The highest BCUT2D eigenvalue weighted by Crippen LogP contribution is 2.00. The molecule has 0 amide bonds. The fraction of sp³-hybridized carbons (Fsp3) is 0.143. The van der Waals surface area contributed by atoms with Crippen LogP contribution in [0.15, 0.2) is 18.3 Å². The third kappa shape index (κ3) is 2.33. The molecular formula is C7H6FNO2. The summed E-state index contributed by atoms with van der Waals surface area (Å²) in [4.78, 5) is 13.4. The normalized spacial score (nSPS) is 9.55. The summed E-state index contributed by atoms with van der Waals surface area (Å²) in [6.45, 7) is 0. The van der Waals surface area contributed by atoms with Gasteiger partial charge in [-0.1, -0.05) is 0 Å². The monoisotopic (exact) mass is 155 g/mol. The van der Waals surface area contributed by atoms with Crippen molar-refractivity contribution in [1.82, 2.24) is 4.98 Å². The van der Waals surface area contributed by atoms with Gasteiger partial charge in [0.2, 0.25) is 5.95 Å². The van der Waals surface area contributed by atoms with Gasteiger partial charge in [0.1, 0.15) is 0 Å². The fourth-order valence-corrected chi connectivity index (χ4v) is 0.727. The van der Waals surface area contributed by atoms with E-state index in [9.17, 15) is 9.18 Å². The van der Waals surface area contributed by atoms with Crippen molar-refractivity contribution in [2.24, 2.45) is 0 Å². The molecule has 0 saturated heterocycles. The first-order valence-electron chi connectivity index (χ1n) is 3.00. The molecule has 3 nitrogen and oxygen atoms in total. The summed E-state index contributed by atoms with van der Waals surface area (Å²) in [5.41, 5.74) is 0.421. The van der Waals surface area contributed by atoms with Crippen molar-refractivity contribution in [3.63, 3.8) is 0 Å². The summed E-state index contributed by atoms with van der Waals surface area (Å²) in [5.74, 6) is -1.63. The Labute approximate surface area is 62.5 Å². The van der Waals surface area contributed by atoms with Crippen molar-refractivity contribution in [3.05, 3.63) is 29.8 Å². The molecule has 0 atom stereocenters. The van der Waals surface area contributed by atoms with Crippen LogP contribution in [0, 0.1) is 5.95 Å². The Morgan fingerprint density at radius 2 is 2.45 bits per heavy atom. The topological polar surface area (TPSA) is 50.2 Å². The van der Waals surface area contributed by atoms with Gasteiger partial charge in [0.15, 0.2) is 0 Å². The van der Waals surface area contributed by atoms with Gasteiger partial charge in [-0.05, 0) is 17.7 Å². The summed E-state index contributed by atoms with van der Waals surface area (Å²) >= 11 is 0. The number of aliphatic carboxylic acids is 1. The molecule has 58 valence electrons.